The standard InChI is InChI=1S/C15H14O3/c1-2-17-15(16)18-14-10-8-13(9-11-14)12-6-4-3-5-7-12/h3-11H,2H2,1H3. The zero-order chi connectivity index (χ0) is 12.8. The molecule has 0 saturated carbocycles. The van der Waals surface area contributed by atoms with Crippen LogP contribution in [0.4, 0.5) is 4.79 Å². The van der Waals surface area contributed by atoms with E-state index in [1.807, 2.05) is 42.5 Å². The molecule has 0 aliphatic rings. The van der Waals surface area contributed by atoms with Gasteiger partial charge in [0.2, 0.25) is 0 Å². The maximum atomic E-state index is 11.1. The summed E-state index contributed by atoms with van der Waals surface area (Å²) in [5.74, 6) is 0.480. The van der Waals surface area contributed by atoms with E-state index < -0.39 is 6.16 Å². The Morgan fingerprint density at radius 3 is 2.17 bits per heavy atom. The van der Waals surface area contributed by atoms with Crippen LogP contribution in [0.15, 0.2) is 54.6 Å². The highest BCUT2D eigenvalue weighted by atomic mass is 16.7. The highest BCUT2D eigenvalue weighted by molar-refractivity contribution is 5.66. The number of ether oxygens (including phenoxy) is 2. The van der Waals surface area contributed by atoms with Crippen molar-refractivity contribution in [2.75, 3.05) is 6.61 Å². The van der Waals surface area contributed by atoms with E-state index in [9.17, 15) is 4.79 Å². The average Bonchev–Trinajstić information content (AvgIpc) is 2.41. The van der Waals surface area contributed by atoms with Gasteiger partial charge in [-0.1, -0.05) is 42.5 Å². The van der Waals surface area contributed by atoms with Crippen LogP contribution in [0, 0.1) is 0 Å². The quantitative estimate of drug-likeness (QED) is 0.605. The number of benzene rings is 2. The molecule has 0 aliphatic heterocycles. The van der Waals surface area contributed by atoms with Crippen LogP contribution >= 0.6 is 0 Å². The minimum Gasteiger partial charge on any atom is -0.434 e. The number of carbonyl (C=O) groups is 1. The van der Waals surface area contributed by atoms with E-state index in [2.05, 4.69) is 0 Å². The molecule has 0 unspecified atom stereocenters. The molecule has 0 fully saturated rings. The summed E-state index contributed by atoms with van der Waals surface area (Å²) < 4.78 is 9.68. The molecule has 0 spiro atoms. The molecule has 18 heavy (non-hydrogen) atoms. The molecule has 0 aliphatic carbocycles. The van der Waals surface area contributed by atoms with Gasteiger partial charge in [-0.15, -0.1) is 0 Å². The number of carbonyl (C=O) groups excluding carboxylic acids is 1. The first-order chi connectivity index (χ1) is 8.79. The van der Waals surface area contributed by atoms with Gasteiger partial charge >= 0.3 is 6.16 Å². The Balaban J connectivity index is 2.09. The summed E-state index contributed by atoms with van der Waals surface area (Å²) in [6.07, 6.45) is -0.676. The molecule has 0 saturated heterocycles. The van der Waals surface area contributed by atoms with Crippen LogP contribution in [-0.4, -0.2) is 12.8 Å². The second-order valence-electron chi connectivity index (χ2n) is 3.68. The second-order valence-corrected chi connectivity index (χ2v) is 3.68. The number of hydrogen-bond donors (Lipinski definition) is 0. The Kier molecular flexibility index (Phi) is 3.97. The minimum absolute atomic E-state index is 0.306. The first-order valence-corrected chi connectivity index (χ1v) is 5.79. The highest BCUT2D eigenvalue weighted by Gasteiger charge is 2.04. The smallest absolute Gasteiger partial charge is 0.434 e. The lowest BCUT2D eigenvalue weighted by Gasteiger charge is -2.05. The molecular formula is C15H14O3. The van der Waals surface area contributed by atoms with Gasteiger partial charge in [0.25, 0.3) is 0 Å². The van der Waals surface area contributed by atoms with Gasteiger partial charge in [-0.25, -0.2) is 4.79 Å². The largest absolute Gasteiger partial charge is 0.513 e. The van der Waals surface area contributed by atoms with Crippen molar-refractivity contribution < 1.29 is 14.3 Å². The third-order valence-corrected chi connectivity index (χ3v) is 2.42. The van der Waals surface area contributed by atoms with Crippen molar-refractivity contribution in [2.45, 2.75) is 6.92 Å². The van der Waals surface area contributed by atoms with Crippen LogP contribution in [0.3, 0.4) is 0 Å². The summed E-state index contributed by atoms with van der Waals surface area (Å²) in [6, 6.07) is 17.3. The Morgan fingerprint density at radius 2 is 1.56 bits per heavy atom. The maximum Gasteiger partial charge on any atom is 0.513 e. The summed E-state index contributed by atoms with van der Waals surface area (Å²) >= 11 is 0. The van der Waals surface area contributed by atoms with Crippen LogP contribution in [0.5, 0.6) is 5.75 Å². The van der Waals surface area contributed by atoms with Crippen LogP contribution in [0.25, 0.3) is 11.1 Å². The highest BCUT2D eigenvalue weighted by Crippen LogP contribution is 2.22. The first kappa shape index (κ1) is 12.2. The fraction of sp³-hybridized carbons (Fsp3) is 0.133. The maximum absolute atomic E-state index is 11.1. The Bertz CT molecular complexity index is 503. The van der Waals surface area contributed by atoms with Gasteiger partial charge < -0.3 is 9.47 Å². The van der Waals surface area contributed by atoms with Gasteiger partial charge in [-0.2, -0.15) is 0 Å². The zero-order valence-electron chi connectivity index (χ0n) is 10.1. The number of hydrogen-bond acceptors (Lipinski definition) is 3. The molecule has 0 N–H and O–H groups in total. The van der Waals surface area contributed by atoms with Crippen molar-refractivity contribution in [3.05, 3.63) is 54.6 Å². The lowest BCUT2D eigenvalue weighted by atomic mass is 10.1. The van der Waals surface area contributed by atoms with E-state index in [1.54, 1.807) is 19.1 Å². The predicted molar refractivity (Wildman–Crippen MR) is 69.5 cm³/mol. The molecule has 0 aromatic heterocycles. The molecule has 3 nitrogen and oxygen atoms in total. The van der Waals surface area contributed by atoms with Crippen LogP contribution in [0.1, 0.15) is 6.92 Å². The van der Waals surface area contributed by atoms with Crippen molar-refractivity contribution >= 4 is 6.16 Å². The molecule has 0 bridgehead atoms. The van der Waals surface area contributed by atoms with Crippen LogP contribution < -0.4 is 4.74 Å². The topological polar surface area (TPSA) is 35.5 Å². The Hall–Kier alpha value is -2.29. The molecule has 0 heterocycles. The number of rotatable bonds is 3. The predicted octanol–water partition coefficient (Wildman–Crippen LogP) is 3.89. The molecule has 2 aromatic carbocycles. The van der Waals surface area contributed by atoms with Crippen molar-refractivity contribution in [3.8, 4) is 16.9 Å². The van der Waals surface area contributed by atoms with Crippen LogP contribution in [-0.2, 0) is 4.74 Å². The van der Waals surface area contributed by atoms with Crippen molar-refractivity contribution in [2.24, 2.45) is 0 Å². The van der Waals surface area contributed by atoms with E-state index in [-0.39, 0.29) is 0 Å². The minimum atomic E-state index is -0.676. The van der Waals surface area contributed by atoms with Crippen molar-refractivity contribution in [1.29, 1.82) is 0 Å². The fourth-order valence-corrected chi connectivity index (χ4v) is 1.59. The average molecular weight is 242 g/mol. The van der Waals surface area contributed by atoms with Gasteiger partial charge in [0, 0.05) is 0 Å². The molecule has 3 heteroatoms. The molecule has 0 radical (unpaired) electrons. The Morgan fingerprint density at radius 1 is 0.944 bits per heavy atom. The third kappa shape index (κ3) is 3.10. The lowest BCUT2D eigenvalue weighted by Crippen LogP contribution is -2.09. The van der Waals surface area contributed by atoms with Crippen molar-refractivity contribution in [1.82, 2.24) is 0 Å². The first-order valence-electron chi connectivity index (χ1n) is 5.79. The summed E-state index contributed by atoms with van der Waals surface area (Å²) in [5.41, 5.74) is 2.20. The monoisotopic (exact) mass is 242 g/mol. The van der Waals surface area contributed by atoms with E-state index in [4.69, 9.17) is 9.47 Å². The summed E-state index contributed by atoms with van der Waals surface area (Å²) in [4.78, 5) is 11.1. The van der Waals surface area contributed by atoms with Gasteiger partial charge in [0.1, 0.15) is 5.75 Å². The van der Waals surface area contributed by atoms with E-state index in [0.717, 1.165) is 11.1 Å². The SMILES string of the molecule is CCOC(=O)Oc1ccc(-c2ccccc2)cc1. The molecule has 92 valence electrons. The van der Waals surface area contributed by atoms with Gasteiger partial charge in [0.15, 0.2) is 0 Å². The summed E-state index contributed by atoms with van der Waals surface area (Å²) in [7, 11) is 0. The molecule has 0 amide bonds. The van der Waals surface area contributed by atoms with E-state index in [1.165, 1.54) is 0 Å². The molecule has 2 rings (SSSR count). The normalized spacial score (nSPS) is 9.83. The lowest BCUT2D eigenvalue weighted by molar-refractivity contribution is 0.104. The van der Waals surface area contributed by atoms with E-state index >= 15 is 0 Å². The zero-order valence-corrected chi connectivity index (χ0v) is 10.1. The van der Waals surface area contributed by atoms with Crippen LogP contribution in [0.2, 0.25) is 0 Å². The molecular weight excluding hydrogens is 228 g/mol. The van der Waals surface area contributed by atoms with Gasteiger partial charge in [-0.3, -0.25) is 0 Å². The fourth-order valence-electron chi connectivity index (χ4n) is 1.59. The molecule has 2 aromatic rings. The summed E-state index contributed by atoms with van der Waals surface area (Å²) in [6.45, 7) is 2.04. The second kappa shape index (κ2) is 5.87. The Labute approximate surface area is 106 Å². The van der Waals surface area contributed by atoms with Crippen molar-refractivity contribution in [3.63, 3.8) is 0 Å². The van der Waals surface area contributed by atoms with Gasteiger partial charge in [-0.05, 0) is 30.2 Å². The van der Waals surface area contributed by atoms with E-state index in [0.29, 0.717) is 12.4 Å². The summed E-state index contributed by atoms with van der Waals surface area (Å²) in [5, 5.41) is 0. The third-order valence-electron chi connectivity index (χ3n) is 2.42. The van der Waals surface area contributed by atoms with Gasteiger partial charge in [0.05, 0.1) is 6.61 Å². The molecule has 0 atom stereocenters.